The minimum atomic E-state index is -0.921. The fourth-order valence-electron chi connectivity index (χ4n) is 9.54. The molecule has 10 rings (SSSR count). The summed E-state index contributed by atoms with van der Waals surface area (Å²) in [5, 5.41) is 24.8. The standard InChI is InChI=1S/2C25H21NO4/c2*27-24(28)21-13-15-7-1-2-8-16(15)23(21)26-25(29)30-14-22-19-11-5-3-9-17(19)18-10-4-6-12-20(18)22/h2*1-12,21-23H,13-14H2,(H,26,29)(H,27,28)/t2*21-,23+/m10/s1. The van der Waals surface area contributed by atoms with Crippen LogP contribution in [-0.2, 0) is 31.9 Å². The van der Waals surface area contributed by atoms with Crippen LogP contribution >= 0.6 is 0 Å². The molecule has 0 fully saturated rings. The van der Waals surface area contributed by atoms with Crippen LogP contribution in [0.1, 0.15) is 68.4 Å². The molecule has 0 radical (unpaired) electrons. The molecule has 0 aromatic heterocycles. The highest BCUT2D eigenvalue weighted by Gasteiger charge is 2.40. The van der Waals surface area contributed by atoms with Crippen molar-refractivity contribution in [3.05, 3.63) is 190 Å². The van der Waals surface area contributed by atoms with Gasteiger partial charge in [0.25, 0.3) is 0 Å². The number of rotatable bonds is 8. The van der Waals surface area contributed by atoms with E-state index in [1.807, 2.05) is 97.1 Å². The van der Waals surface area contributed by atoms with Gasteiger partial charge in [-0.2, -0.15) is 0 Å². The van der Waals surface area contributed by atoms with Crippen LogP contribution in [-0.4, -0.2) is 47.6 Å². The maximum absolute atomic E-state index is 12.6. The van der Waals surface area contributed by atoms with E-state index in [0.29, 0.717) is 12.8 Å². The zero-order valence-electron chi connectivity index (χ0n) is 32.5. The van der Waals surface area contributed by atoms with Gasteiger partial charge in [0.05, 0.1) is 23.9 Å². The molecule has 60 heavy (non-hydrogen) atoms. The molecule has 0 saturated heterocycles. The first-order chi connectivity index (χ1) is 29.3. The number of hydrogen-bond acceptors (Lipinski definition) is 6. The van der Waals surface area contributed by atoms with Crippen molar-refractivity contribution >= 4 is 24.1 Å². The number of carboxylic acid groups (broad SMARTS) is 2. The van der Waals surface area contributed by atoms with Crippen LogP contribution in [0.15, 0.2) is 146 Å². The number of carbonyl (C=O) groups excluding carboxylic acids is 2. The summed E-state index contributed by atoms with van der Waals surface area (Å²) < 4.78 is 11.2. The second-order valence-electron chi connectivity index (χ2n) is 15.6. The Morgan fingerprint density at radius 3 is 1.03 bits per heavy atom. The molecule has 300 valence electrons. The zero-order chi connectivity index (χ0) is 41.3. The Balaban J connectivity index is 0.000000154. The summed E-state index contributed by atoms with van der Waals surface area (Å²) in [6.07, 6.45) is -0.380. The van der Waals surface area contributed by atoms with Crippen LogP contribution in [0.2, 0.25) is 0 Å². The quantitative estimate of drug-likeness (QED) is 0.119. The predicted molar refractivity (Wildman–Crippen MR) is 224 cm³/mol. The molecule has 0 saturated carbocycles. The van der Waals surface area contributed by atoms with Crippen LogP contribution in [0.25, 0.3) is 22.3 Å². The number of fused-ring (bicyclic) bond motifs is 8. The van der Waals surface area contributed by atoms with Gasteiger partial charge in [-0.15, -0.1) is 0 Å². The number of alkyl carbamates (subject to hydrolysis) is 2. The Labute approximate surface area is 346 Å². The van der Waals surface area contributed by atoms with E-state index in [0.717, 1.165) is 66.8 Å². The lowest BCUT2D eigenvalue weighted by Gasteiger charge is -2.20. The molecule has 4 aliphatic carbocycles. The summed E-state index contributed by atoms with van der Waals surface area (Å²) >= 11 is 0. The molecular formula is C50H42N2O8. The van der Waals surface area contributed by atoms with E-state index in [9.17, 15) is 29.4 Å². The number of carbonyl (C=O) groups is 4. The second kappa shape index (κ2) is 16.2. The van der Waals surface area contributed by atoms with E-state index in [1.165, 1.54) is 0 Å². The lowest BCUT2D eigenvalue weighted by molar-refractivity contribution is -0.143. The van der Waals surface area contributed by atoms with Crippen LogP contribution in [0.5, 0.6) is 0 Å². The van der Waals surface area contributed by atoms with Crippen molar-refractivity contribution in [2.45, 2.75) is 36.8 Å². The second-order valence-corrected chi connectivity index (χ2v) is 15.6. The maximum atomic E-state index is 12.6. The van der Waals surface area contributed by atoms with Gasteiger partial charge in [0.2, 0.25) is 0 Å². The lowest BCUT2D eigenvalue weighted by atomic mass is 9.98. The topological polar surface area (TPSA) is 151 Å². The molecule has 0 heterocycles. The number of nitrogens with one attached hydrogen (secondary N) is 2. The van der Waals surface area contributed by atoms with Crippen molar-refractivity contribution in [2.24, 2.45) is 11.8 Å². The van der Waals surface area contributed by atoms with Gasteiger partial charge < -0.3 is 30.3 Å². The number of benzene rings is 6. The highest BCUT2D eigenvalue weighted by molar-refractivity contribution is 5.81. The fourth-order valence-corrected chi connectivity index (χ4v) is 9.54. The monoisotopic (exact) mass is 798 g/mol. The molecule has 0 unspecified atom stereocenters. The van der Waals surface area contributed by atoms with E-state index >= 15 is 0 Å². The molecule has 6 aromatic rings. The van der Waals surface area contributed by atoms with E-state index in [-0.39, 0.29) is 25.0 Å². The molecule has 4 aliphatic rings. The SMILES string of the molecule is O=C(N[C@@H]1c2ccccc2C[C@@H]1C(=O)O)OCC1c2ccccc2-c2ccccc21.O=C(N[C@H]1c2ccccc2C[C@H]1C(=O)O)OCC1c2ccccc2-c2ccccc21. The molecule has 2 amide bonds. The summed E-state index contributed by atoms with van der Waals surface area (Å²) in [6, 6.07) is 46.4. The minimum absolute atomic E-state index is 0.0331. The van der Waals surface area contributed by atoms with Gasteiger partial charge >= 0.3 is 24.1 Å². The third-order valence-corrected chi connectivity index (χ3v) is 12.3. The molecule has 0 spiro atoms. The fraction of sp³-hybridized carbons (Fsp3) is 0.200. The minimum Gasteiger partial charge on any atom is -0.481 e. The molecule has 4 N–H and O–H groups in total. The average Bonchev–Trinajstić information content (AvgIpc) is 4.01. The number of carboxylic acids is 2. The summed E-state index contributed by atoms with van der Waals surface area (Å²) in [7, 11) is 0. The Morgan fingerprint density at radius 2 is 0.717 bits per heavy atom. The van der Waals surface area contributed by atoms with E-state index in [1.54, 1.807) is 0 Å². The van der Waals surface area contributed by atoms with Gasteiger partial charge in [-0.25, -0.2) is 9.59 Å². The molecule has 10 heteroatoms. The lowest BCUT2D eigenvalue weighted by Crippen LogP contribution is -2.35. The molecule has 6 aromatic carbocycles. The Hall–Kier alpha value is -7.20. The first kappa shape index (κ1) is 38.3. The van der Waals surface area contributed by atoms with Gasteiger partial charge in [0, 0.05) is 11.8 Å². The van der Waals surface area contributed by atoms with Gasteiger partial charge in [0.1, 0.15) is 13.2 Å². The van der Waals surface area contributed by atoms with Crippen LogP contribution < -0.4 is 10.6 Å². The highest BCUT2D eigenvalue weighted by Crippen LogP contribution is 2.46. The Kier molecular flexibility index (Phi) is 10.4. The largest absolute Gasteiger partial charge is 0.481 e. The van der Waals surface area contributed by atoms with Gasteiger partial charge in [-0.3, -0.25) is 9.59 Å². The van der Waals surface area contributed by atoms with Gasteiger partial charge in [0.15, 0.2) is 0 Å². The third-order valence-electron chi connectivity index (χ3n) is 12.3. The predicted octanol–water partition coefficient (Wildman–Crippen LogP) is 9.05. The number of hydrogen-bond donors (Lipinski definition) is 4. The highest BCUT2D eigenvalue weighted by atomic mass is 16.6. The van der Waals surface area contributed by atoms with Gasteiger partial charge in [-0.05, 0) is 79.6 Å². The number of amides is 2. The van der Waals surface area contributed by atoms with Crippen molar-refractivity contribution < 1.29 is 38.9 Å². The summed E-state index contributed by atoms with van der Waals surface area (Å²) in [6.45, 7) is 0.401. The smallest absolute Gasteiger partial charge is 0.407 e. The molecule has 4 atom stereocenters. The normalized spacial score (nSPS) is 18.9. The van der Waals surface area contributed by atoms with Crippen LogP contribution in [0.3, 0.4) is 0 Å². The first-order valence-electron chi connectivity index (χ1n) is 20.1. The van der Waals surface area contributed by atoms with Crippen LogP contribution in [0, 0.1) is 11.8 Å². The van der Waals surface area contributed by atoms with Crippen molar-refractivity contribution in [2.75, 3.05) is 13.2 Å². The van der Waals surface area contributed by atoms with Crippen molar-refractivity contribution in [3.63, 3.8) is 0 Å². The van der Waals surface area contributed by atoms with Crippen LogP contribution in [0.4, 0.5) is 9.59 Å². The molecule has 0 aliphatic heterocycles. The Bertz CT molecular complexity index is 2370. The molecule has 0 bridgehead atoms. The number of aliphatic carboxylic acids is 2. The number of ether oxygens (including phenoxy) is 2. The summed E-state index contributed by atoms with van der Waals surface area (Å²) in [5.74, 6) is -3.29. The summed E-state index contributed by atoms with van der Waals surface area (Å²) in [5.41, 5.74) is 12.8. The summed E-state index contributed by atoms with van der Waals surface area (Å²) in [4.78, 5) is 48.7. The van der Waals surface area contributed by atoms with E-state index in [4.69, 9.17) is 9.47 Å². The van der Waals surface area contributed by atoms with Crippen molar-refractivity contribution in [1.82, 2.24) is 10.6 Å². The van der Waals surface area contributed by atoms with E-state index in [2.05, 4.69) is 59.2 Å². The molecular weight excluding hydrogens is 757 g/mol. The van der Waals surface area contributed by atoms with Crippen molar-refractivity contribution in [3.8, 4) is 22.3 Å². The van der Waals surface area contributed by atoms with E-state index < -0.39 is 48.0 Å². The first-order valence-corrected chi connectivity index (χ1v) is 20.1. The van der Waals surface area contributed by atoms with Gasteiger partial charge in [-0.1, -0.05) is 146 Å². The average molecular weight is 799 g/mol. The zero-order valence-corrected chi connectivity index (χ0v) is 32.5. The molecule has 10 nitrogen and oxygen atoms in total. The third kappa shape index (κ3) is 7.14. The Morgan fingerprint density at radius 1 is 0.433 bits per heavy atom. The van der Waals surface area contributed by atoms with Crippen molar-refractivity contribution in [1.29, 1.82) is 0 Å². The maximum Gasteiger partial charge on any atom is 0.407 e.